The third kappa shape index (κ3) is 2.56. The number of nitrogens with zero attached hydrogens (tertiary/aromatic N) is 2. The van der Waals surface area contributed by atoms with Crippen molar-refractivity contribution in [2.75, 3.05) is 13.1 Å². The van der Waals surface area contributed by atoms with Crippen LogP contribution < -0.4 is 5.32 Å². The summed E-state index contributed by atoms with van der Waals surface area (Å²) >= 11 is 0. The van der Waals surface area contributed by atoms with Gasteiger partial charge in [-0.15, -0.1) is 0 Å². The maximum absolute atomic E-state index is 4.46. The van der Waals surface area contributed by atoms with Crippen molar-refractivity contribution in [2.45, 2.75) is 19.8 Å². The minimum Gasteiger partial charge on any atom is -0.315 e. The Balaban J connectivity index is 1.78. The molecular formula is C16H21N3. The molecule has 1 N–H and O–H groups in total. The zero-order valence-electron chi connectivity index (χ0n) is 11.7. The Hall–Kier alpha value is -1.61. The molecule has 3 rings (SSSR count). The quantitative estimate of drug-likeness (QED) is 0.907. The molecule has 1 aromatic heterocycles. The molecule has 2 aromatic rings. The Morgan fingerprint density at radius 1 is 1.21 bits per heavy atom. The maximum Gasteiger partial charge on any atom is 0.0596 e. The van der Waals surface area contributed by atoms with Gasteiger partial charge in [-0.05, 0) is 31.4 Å². The maximum atomic E-state index is 4.46. The summed E-state index contributed by atoms with van der Waals surface area (Å²) in [6.07, 6.45) is 2.25. The van der Waals surface area contributed by atoms with Gasteiger partial charge in [0.05, 0.1) is 5.69 Å². The molecule has 1 aromatic carbocycles. The van der Waals surface area contributed by atoms with Gasteiger partial charge in [-0.1, -0.05) is 30.3 Å². The lowest BCUT2D eigenvalue weighted by Gasteiger charge is -2.43. The van der Waals surface area contributed by atoms with Gasteiger partial charge in [0.1, 0.15) is 0 Å². The Morgan fingerprint density at radius 3 is 2.47 bits per heavy atom. The SMILES string of the molecule is Cc1cc(CC2(Cc3ccccc3)CNC2)n(C)n1. The average Bonchev–Trinajstić information content (AvgIpc) is 2.66. The van der Waals surface area contributed by atoms with Crippen molar-refractivity contribution in [1.29, 1.82) is 0 Å². The Morgan fingerprint density at radius 2 is 1.95 bits per heavy atom. The highest BCUT2D eigenvalue weighted by atomic mass is 15.3. The zero-order valence-corrected chi connectivity index (χ0v) is 11.7. The predicted octanol–water partition coefficient (Wildman–Crippen LogP) is 2.10. The Bertz CT molecular complexity index is 553. The lowest BCUT2D eigenvalue weighted by atomic mass is 9.73. The first-order valence-corrected chi connectivity index (χ1v) is 6.91. The molecule has 0 aliphatic carbocycles. The van der Waals surface area contributed by atoms with Gasteiger partial charge < -0.3 is 5.32 Å². The highest BCUT2D eigenvalue weighted by Crippen LogP contribution is 2.32. The van der Waals surface area contributed by atoms with E-state index < -0.39 is 0 Å². The van der Waals surface area contributed by atoms with Gasteiger partial charge >= 0.3 is 0 Å². The standard InChI is InChI=1S/C16H21N3/c1-13-8-15(19(2)18-13)10-16(11-17-12-16)9-14-6-4-3-5-7-14/h3-8,17H,9-12H2,1-2H3. The second-order valence-electron chi connectivity index (χ2n) is 5.84. The van der Waals surface area contributed by atoms with Crippen molar-refractivity contribution < 1.29 is 0 Å². The van der Waals surface area contributed by atoms with Crippen molar-refractivity contribution >= 4 is 0 Å². The minimum atomic E-state index is 0.363. The van der Waals surface area contributed by atoms with Gasteiger partial charge in [-0.25, -0.2) is 0 Å². The summed E-state index contributed by atoms with van der Waals surface area (Å²) in [5.41, 5.74) is 4.25. The molecule has 1 fully saturated rings. The van der Waals surface area contributed by atoms with E-state index in [4.69, 9.17) is 0 Å². The van der Waals surface area contributed by atoms with Crippen LogP contribution in [0.4, 0.5) is 0 Å². The summed E-state index contributed by atoms with van der Waals surface area (Å²) in [6.45, 7) is 4.27. The third-order valence-corrected chi connectivity index (χ3v) is 4.08. The first-order chi connectivity index (χ1) is 9.17. The summed E-state index contributed by atoms with van der Waals surface area (Å²) < 4.78 is 2.03. The van der Waals surface area contributed by atoms with E-state index in [9.17, 15) is 0 Å². The molecule has 0 spiro atoms. The van der Waals surface area contributed by atoms with Gasteiger partial charge in [-0.3, -0.25) is 4.68 Å². The average molecular weight is 255 g/mol. The number of rotatable bonds is 4. The first-order valence-electron chi connectivity index (χ1n) is 6.91. The fourth-order valence-electron chi connectivity index (χ4n) is 3.03. The van der Waals surface area contributed by atoms with Crippen LogP contribution in [0, 0.1) is 12.3 Å². The van der Waals surface area contributed by atoms with E-state index in [1.165, 1.54) is 11.3 Å². The summed E-state index contributed by atoms with van der Waals surface area (Å²) in [7, 11) is 2.05. The van der Waals surface area contributed by atoms with Gasteiger partial charge in [0.25, 0.3) is 0 Å². The van der Waals surface area contributed by atoms with Gasteiger partial charge in [0.15, 0.2) is 0 Å². The molecule has 0 radical (unpaired) electrons. The fourth-order valence-corrected chi connectivity index (χ4v) is 3.03. The molecule has 0 atom stereocenters. The van der Waals surface area contributed by atoms with Crippen molar-refractivity contribution in [3.05, 3.63) is 53.3 Å². The highest BCUT2D eigenvalue weighted by Gasteiger charge is 2.37. The molecule has 1 aliphatic rings. The van der Waals surface area contributed by atoms with Crippen molar-refractivity contribution in [2.24, 2.45) is 12.5 Å². The van der Waals surface area contributed by atoms with Gasteiger partial charge in [-0.2, -0.15) is 5.10 Å². The van der Waals surface area contributed by atoms with E-state index >= 15 is 0 Å². The summed E-state index contributed by atoms with van der Waals surface area (Å²) in [6, 6.07) is 13.0. The summed E-state index contributed by atoms with van der Waals surface area (Å²) in [5.74, 6) is 0. The largest absolute Gasteiger partial charge is 0.315 e. The highest BCUT2D eigenvalue weighted by molar-refractivity contribution is 5.20. The minimum absolute atomic E-state index is 0.363. The Labute approximate surface area is 114 Å². The molecular weight excluding hydrogens is 234 g/mol. The summed E-state index contributed by atoms with van der Waals surface area (Å²) in [4.78, 5) is 0. The van der Waals surface area contributed by atoms with Crippen LogP contribution in [0.15, 0.2) is 36.4 Å². The molecule has 1 saturated heterocycles. The van der Waals surface area contributed by atoms with Crippen LogP contribution in [0.2, 0.25) is 0 Å². The van der Waals surface area contributed by atoms with Crippen LogP contribution in [0.3, 0.4) is 0 Å². The number of nitrogens with one attached hydrogen (secondary N) is 1. The first kappa shape index (κ1) is 12.4. The smallest absolute Gasteiger partial charge is 0.0596 e. The molecule has 19 heavy (non-hydrogen) atoms. The van der Waals surface area contributed by atoms with Crippen LogP contribution >= 0.6 is 0 Å². The van der Waals surface area contributed by atoms with E-state index in [1.807, 2.05) is 11.7 Å². The normalized spacial score (nSPS) is 17.2. The summed E-state index contributed by atoms with van der Waals surface area (Å²) in [5, 5.41) is 7.90. The number of aryl methyl sites for hydroxylation is 2. The third-order valence-electron chi connectivity index (χ3n) is 4.08. The monoisotopic (exact) mass is 255 g/mol. The molecule has 2 heterocycles. The predicted molar refractivity (Wildman–Crippen MR) is 77.1 cm³/mol. The molecule has 0 unspecified atom stereocenters. The van der Waals surface area contributed by atoms with E-state index in [-0.39, 0.29) is 0 Å². The Kier molecular flexibility index (Phi) is 3.15. The van der Waals surface area contributed by atoms with Crippen molar-refractivity contribution in [3.8, 4) is 0 Å². The molecule has 1 aliphatic heterocycles. The molecule has 0 bridgehead atoms. The van der Waals surface area contributed by atoms with Crippen LogP contribution in [-0.2, 0) is 19.9 Å². The number of aromatic nitrogens is 2. The van der Waals surface area contributed by atoms with Crippen LogP contribution in [-0.4, -0.2) is 22.9 Å². The van der Waals surface area contributed by atoms with E-state index in [0.29, 0.717) is 5.41 Å². The molecule has 100 valence electrons. The fraction of sp³-hybridized carbons (Fsp3) is 0.438. The van der Waals surface area contributed by atoms with Crippen molar-refractivity contribution in [1.82, 2.24) is 15.1 Å². The number of benzene rings is 1. The lowest BCUT2D eigenvalue weighted by Crippen LogP contribution is -2.56. The molecule has 3 nitrogen and oxygen atoms in total. The second kappa shape index (κ2) is 4.82. The van der Waals surface area contributed by atoms with Crippen LogP contribution in [0.5, 0.6) is 0 Å². The second-order valence-corrected chi connectivity index (χ2v) is 5.84. The van der Waals surface area contributed by atoms with Crippen LogP contribution in [0.1, 0.15) is 17.0 Å². The van der Waals surface area contributed by atoms with Crippen LogP contribution in [0.25, 0.3) is 0 Å². The van der Waals surface area contributed by atoms with E-state index in [1.54, 1.807) is 0 Å². The number of hydrogen-bond donors (Lipinski definition) is 1. The van der Waals surface area contributed by atoms with E-state index in [2.05, 4.69) is 53.7 Å². The number of hydrogen-bond acceptors (Lipinski definition) is 2. The van der Waals surface area contributed by atoms with Gasteiger partial charge in [0, 0.05) is 31.2 Å². The zero-order chi connectivity index (χ0) is 13.3. The molecule has 0 amide bonds. The topological polar surface area (TPSA) is 29.9 Å². The van der Waals surface area contributed by atoms with E-state index in [0.717, 1.165) is 31.6 Å². The molecule has 3 heteroatoms. The van der Waals surface area contributed by atoms with Gasteiger partial charge in [0.2, 0.25) is 0 Å². The lowest BCUT2D eigenvalue weighted by molar-refractivity contribution is 0.163. The van der Waals surface area contributed by atoms with Crippen molar-refractivity contribution in [3.63, 3.8) is 0 Å². The molecule has 0 saturated carbocycles.